The normalized spacial score (nSPS) is 15.1. The monoisotopic (exact) mass is 479 g/mol. The minimum absolute atomic E-state index is 0. The van der Waals surface area contributed by atoms with Crippen molar-refractivity contribution in [2.45, 2.75) is 38.9 Å². The number of aliphatic imine (C=N–C) groups is 1. The smallest absolute Gasteiger partial charge is 0.191 e. The molecule has 0 aliphatic carbocycles. The summed E-state index contributed by atoms with van der Waals surface area (Å²) in [5.74, 6) is 0.785. The van der Waals surface area contributed by atoms with Crippen molar-refractivity contribution in [3.8, 4) is 0 Å². The maximum absolute atomic E-state index is 4.31. The Morgan fingerprint density at radius 1 is 0.963 bits per heavy atom. The average Bonchev–Trinajstić information content (AvgIpc) is 2.71. The predicted molar refractivity (Wildman–Crippen MR) is 122 cm³/mol. The van der Waals surface area contributed by atoms with E-state index in [9.17, 15) is 0 Å². The van der Waals surface area contributed by atoms with Crippen LogP contribution in [0.15, 0.2) is 53.7 Å². The van der Waals surface area contributed by atoms with Gasteiger partial charge >= 0.3 is 0 Å². The van der Waals surface area contributed by atoms with Crippen LogP contribution in [-0.4, -0.2) is 36.0 Å². The van der Waals surface area contributed by atoms with E-state index in [4.69, 9.17) is 0 Å². The first-order chi connectivity index (χ1) is 12.8. The van der Waals surface area contributed by atoms with E-state index in [1.54, 1.807) is 13.2 Å². The van der Waals surface area contributed by atoms with Crippen LogP contribution < -0.4 is 10.6 Å². The molecule has 1 aromatic heterocycles. The van der Waals surface area contributed by atoms with Gasteiger partial charge in [-0.1, -0.05) is 36.8 Å². The van der Waals surface area contributed by atoms with Gasteiger partial charge in [0.25, 0.3) is 0 Å². The van der Waals surface area contributed by atoms with E-state index in [2.05, 4.69) is 49.8 Å². The maximum Gasteiger partial charge on any atom is 0.191 e. The van der Waals surface area contributed by atoms with Crippen LogP contribution >= 0.6 is 24.0 Å². The molecule has 0 unspecified atom stereocenters. The molecule has 146 valence electrons. The largest absolute Gasteiger partial charge is 0.352 e. The zero-order valence-electron chi connectivity index (χ0n) is 16.0. The van der Waals surface area contributed by atoms with Gasteiger partial charge in [0.1, 0.15) is 0 Å². The molecular weight excluding hydrogens is 449 g/mol. The molecule has 0 amide bonds. The Morgan fingerprint density at radius 2 is 1.67 bits per heavy atom. The van der Waals surface area contributed by atoms with Gasteiger partial charge in [-0.15, -0.1) is 24.0 Å². The van der Waals surface area contributed by atoms with Crippen LogP contribution in [0.2, 0.25) is 0 Å². The van der Waals surface area contributed by atoms with Crippen molar-refractivity contribution in [1.82, 2.24) is 20.5 Å². The fourth-order valence-electron chi connectivity index (χ4n) is 3.22. The number of hydrogen-bond donors (Lipinski definition) is 2. The Bertz CT molecular complexity index is 681. The van der Waals surface area contributed by atoms with E-state index in [1.165, 1.54) is 43.5 Å². The summed E-state index contributed by atoms with van der Waals surface area (Å²) in [4.78, 5) is 11.1. The van der Waals surface area contributed by atoms with Crippen LogP contribution in [0, 0.1) is 0 Å². The zero-order chi connectivity index (χ0) is 18.0. The van der Waals surface area contributed by atoms with E-state index in [-0.39, 0.29) is 24.0 Å². The first-order valence-corrected chi connectivity index (χ1v) is 9.48. The van der Waals surface area contributed by atoms with Gasteiger partial charge in [-0.2, -0.15) is 0 Å². The predicted octanol–water partition coefficient (Wildman–Crippen LogP) is 3.55. The summed E-state index contributed by atoms with van der Waals surface area (Å²) in [6, 6.07) is 14.8. The maximum atomic E-state index is 4.31. The molecule has 1 aromatic carbocycles. The first kappa shape index (κ1) is 21.6. The summed E-state index contributed by atoms with van der Waals surface area (Å²) in [6.45, 7) is 4.96. The third-order valence-corrected chi connectivity index (χ3v) is 4.72. The molecule has 1 aliphatic heterocycles. The first-order valence-electron chi connectivity index (χ1n) is 9.48. The number of likely N-dealkylation sites (tertiary alicyclic amines) is 1. The fraction of sp³-hybridized carbons (Fsp3) is 0.429. The minimum atomic E-state index is 0. The van der Waals surface area contributed by atoms with Crippen molar-refractivity contribution in [3.05, 3.63) is 65.5 Å². The third kappa shape index (κ3) is 7.46. The molecule has 5 nitrogen and oxygen atoms in total. The molecule has 0 saturated carbocycles. The van der Waals surface area contributed by atoms with E-state index < -0.39 is 0 Å². The molecule has 1 aliphatic rings. The van der Waals surface area contributed by atoms with Crippen LogP contribution in [-0.2, 0) is 19.6 Å². The SMILES string of the molecule is CN=C(NCc1ccc(CN2CCCCC2)cc1)NCc1ccccn1.I. The quantitative estimate of drug-likeness (QED) is 0.378. The number of pyridine rings is 1. The van der Waals surface area contributed by atoms with Crippen LogP contribution in [0.5, 0.6) is 0 Å². The van der Waals surface area contributed by atoms with Gasteiger partial charge in [0, 0.05) is 26.3 Å². The van der Waals surface area contributed by atoms with Gasteiger partial charge < -0.3 is 10.6 Å². The number of nitrogens with one attached hydrogen (secondary N) is 2. The van der Waals surface area contributed by atoms with Gasteiger partial charge in [0.15, 0.2) is 5.96 Å². The molecule has 1 fully saturated rings. The van der Waals surface area contributed by atoms with Crippen molar-refractivity contribution < 1.29 is 0 Å². The van der Waals surface area contributed by atoms with E-state index in [1.807, 2.05) is 18.2 Å². The lowest BCUT2D eigenvalue weighted by Gasteiger charge is -2.26. The number of piperidine rings is 1. The molecule has 0 spiro atoms. The number of nitrogens with zero attached hydrogens (tertiary/aromatic N) is 3. The number of guanidine groups is 1. The van der Waals surface area contributed by atoms with Crippen LogP contribution in [0.3, 0.4) is 0 Å². The standard InChI is InChI=1S/C21H29N5.HI/c1-22-21(25-16-20-7-3-4-12-23-20)24-15-18-8-10-19(11-9-18)17-26-13-5-2-6-14-26;/h3-4,7-12H,2,5-6,13-17H2,1H3,(H2,22,24,25);1H. The van der Waals surface area contributed by atoms with Crippen molar-refractivity contribution >= 4 is 29.9 Å². The molecule has 27 heavy (non-hydrogen) atoms. The second kappa shape index (κ2) is 11.9. The Balaban J connectivity index is 0.00000261. The minimum Gasteiger partial charge on any atom is -0.352 e. The average molecular weight is 479 g/mol. The Labute approximate surface area is 179 Å². The van der Waals surface area contributed by atoms with Crippen molar-refractivity contribution in [2.75, 3.05) is 20.1 Å². The molecule has 1 saturated heterocycles. The second-order valence-electron chi connectivity index (χ2n) is 6.75. The van der Waals surface area contributed by atoms with Gasteiger partial charge in [-0.05, 0) is 49.2 Å². The second-order valence-corrected chi connectivity index (χ2v) is 6.75. The lowest BCUT2D eigenvalue weighted by atomic mass is 10.1. The van der Waals surface area contributed by atoms with Crippen LogP contribution in [0.1, 0.15) is 36.1 Å². The van der Waals surface area contributed by atoms with Gasteiger partial charge in [-0.25, -0.2) is 0 Å². The van der Waals surface area contributed by atoms with Gasteiger partial charge in [-0.3, -0.25) is 14.9 Å². The Hall–Kier alpha value is -1.67. The molecule has 0 radical (unpaired) electrons. The highest BCUT2D eigenvalue weighted by Crippen LogP contribution is 2.13. The van der Waals surface area contributed by atoms with Crippen LogP contribution in [0.4, 0.5) is 0 Å². The molecule has 2 N–H and O–H groups in total. The highest BCUT2D eigenvalue weighted by Gasteiger charge is 2.10. The van der Waals surface area contributed by atoms with Crippen LogP contribution in [0.25, 0.3) is 0 Å². The molecule has 0 bridgehead atoms. The van der Waals surface area contributed by atoms with E-state index in [0.717, 1.165) is 24.7 Å². The number of hydrogen-bond acceptors (Lipinski definition) is 3. The number of rotatable bonds is 6. The fourth-order valence-corrected chi connectivity index (χ4v) is 3.22. The number of halogens is 1. The highest BCUT2D eigenvalue weighted by atomic mass is 127. The summed E-state index contributed by atoms with van der Waals surface area (Å²) in [6.07, 6.45) is 5.87. The summed E-state index contributed by atoms with van der Waals surface area (Å²) >= 11 is 0. The molecule has 2 heterocycles. The van der Waals surface area contributed by atoms with E-state index >= 15 is 0 Å². The van der Waals surface area contributed by atoms with Crippen molar-refractivity contribution in [1.29, 1.82) is 0 Å². The van der Waals surface area contributed by atoms with Crippen molar-refractivity contribution in [2.24, 2.45) is 4.99 Å². The summed E-state index contributed by atoms with van der Waals surface area (Å²) < 4.78 is 0. The molecular formula is C21H30IN5. The lowest BCUT2D eigenvalue weighted by Crippen LogP contribution is -2.36. The third-order valence-electron chi connectivity index (χ3n) is 4.72. The number of aromatic nitrogens is 1. The van der Waals surface area contributed by atoms with Gasteiger partial charge in [0.2, 0.25) is 0 Å². The summed E-state index contributed by atoms with van der Waals surface area (Å²) in [7, 11) is 1.79. The molecule has 3 rings (SSSR count). The lowest BCUT2D eigenvalue weighted by molar-refractivity contribution is 0.221. The zero-order valence-corrected chi connectivity index (χ0v) is 18.4. The number of benzene rings is 1. The summed E-state index contributed by atoms with van der Waals surface area (Å²) in [5, 5.41) is 6.65. The molecule has 2 aromatic rings. The Morgan fingerprint density at radius 3 is 2.33 bits per heavy atom. The topological polar surface area (TPSA) is 52.6 Å². The molecule has 6 heteroatoms. The molecule has 0 atom stereocenters. The van der Waals surface area contributed by atoms with Crippen molar-refractivity contribution in [3.63, 3.8) is 0 Å². The Kier molecular flexibility index (Phi) is 9.55. The highest BCUT2D eigenvalue weighted by molar-refractivity contribution is 14.0. The van der Waals surface area contributed by atoms with Gasteiger partial charge in [0.05, 0.1) is 12.2 Å². The van der Waals surface area contributed by atoms with E-state index in [0.29, 0.717) is 6.54 Å². The summed E-state index contributed by atoms with van der Waals surface area (Å²) in [5.41, 5.74) is 3.65.